The fraction of sp³-hybridized carbons (Fsp3) is 0.750. The van der Waals surface area contributed by atoms with Crippen LogP contribution in [0.1, 0.15) is 46.0 Å². The van der Waals surface area contributed by atoms with Gasteiger partial charge in [-0.15, -0.1) is 0 Å². The minimum absolute atomic E-state index is 0.783. The van der Waals surface area contributed by atoms with Gasteiger partial charge in [0.05, 0.1) is 0 Å². The van der Waals surface area contributed by atoms with E-state index in [1.165, 1.54) is 32.1 Å². The number of thiocarbonyl (C=S) groups is 1. The van der Waals surface area contributed by atoms with Crippen molar-refractivity contribution in [2.75, 3.05) is 13.1 Å². The quantitative estimate of drug-likeness (QED) is 0.569. The molecule has 0 spiro atoms. The Hall–Kier alpha value is -0.570. The van der Waals surface area contributed by atoms with Gasteiger partial charge >= 0.3 is 0 Å². The zero-order valence-corrected chi connectivity index (χ0v) is 10.7. The minimum Gasteiger partial charge on any atom is -0.363 e. The number of allylic oxidation sites excluding steroid dienone is 1. The van der Waals surface area contributed by atoms with E-state index in [-0.39, 0.29) is 0 Å². The molecule has 0 aromatic rings. The maximum Gasteiger partial charge on any atom is 0.166 e. The van der Waals surface area contributed by atoms with Crippen LogP contribution in [-0.4, -0.2) is 18.2 Å². The Labute approximate surface area is 98.5 Å². The lowest BCUT2D eigenvalue weighted by Gasteiger charge is -2.20. The summed E-state index contributed by atoms with van der Waals surface area (Å²) in [5.74, 6) is 0. The van der Waals surface area contributed by atoms with Gasteiger partial charge in [0.15, 0.2) is 5.11 Å². The first-order chi connectivity index (χ1) is 7.27. The van der Waals surface area contributed by atoms with Crippen LogP contribution in [0.2, 0.25) is 0 Å². The largest absolute Gasteiger partial charge is 0.363 e. The van der Waals surface area contributed by atoms with E-state index in [1.807, 2.05) is 0 Å². The Morgan fingerprint density at radius 2 is 1.80 bits per heavy atom. The molecule has 1 aliphatic rings. The van der Waals surface area contributed by atoms with Crippen LogP contribution in [0.15, 0.2) is 11.1 Å². The molecule has 0 aromatic heterocycles. The lowest BCUT2D eigenvalue weighted by molar-refractivity contribution is 0.638. The van der Waals surface area contributed by atoms with Gasteiger partial charge in [-0.25, -0.2) is 0 Å². The molecule has 1 rings (SSSR count). The summed E-state index contributed by atoms with van der Waals surface area (Å²) in [4.78, 5) is 0. The number of hydrogen-bond acceptors (Lipinski definition) is 1. The van der Waals surface area contributed by atoms with Gasteiger partial charge in [-0.2, -0.15) is 0 Å². The van der Waals surface area contributed by atoms with E-state index < -0.39 is 0 Å². The van der Waals surface area contributed by atoms with Crippen molar-refractivity contribution < 1.29 is 0 Å². The normalized spacial score (nSPS) is 16.4. The van der Waals surface area contributed by atoms with E-state index in [0.29, 0.717) is 0 Å². The number of hydrogen-bond donors (Lipinski definition) is 2. The maximum absolute atomic E-state index is 5.15. The van der Waals surface area contributed by atoms with Crippen LogP contribution in [0.25, 0.3) is 0 Å². The smallest absolute Gasteiger partial charge is 0.166 e. The number of rotatable bonds is 4. The van der Waals surface area contributed by atoms with Crippen LogP contribution in [0.3, 0.4) is 0 Å². The van der Waals surface area contributed by atoms with Crippen LogP contribution < -0.4 is 10.6 Å². The molecule has 0 saturated heterocycles. The molecule has 1 aliphatic carbocycles. The second-order valence-electron chi connectivity index (χ2n) is 3.98. The molecule has 0 amide bonds. The summed E-state index contributed by atoms with van der Waals surface area (Å²) in [6.07, 6.45) is 6.45. The summed E-state index contributed by atoms with van der Waals surface area (Å²) in [5.41, 5.74) is 3.23. The van der Waals surface area contributed by atoms with Gasteiger partial charge in [0.2, 0.25) is 0 Å². The first kappa shape index (κ1) is 12.5. The highest BCUT2D eigenvalue weighted by Crippen LogP contribution is 2.26. The van der Waals surface area contributed by atoms with E-state index in [9.17, 15) is 0 Å². The third kappa shape index (κ3) is 4.20. The van der Waals surface area contributed by atoms with Crippen molar-refractivity contribution >= 4 is 17.3 Å². The molecule has 2 nitrogen and oxygen atoms in total. The zero-order chi connectivity index (χ0) is 11.1. The highest BCUT2D eigenvalue weighted by molar-refractivity contribution is 7.80. The molecule has 0 unspecified atom stereocenters. The van der Waals surface area contributed by atoms with E-state index >= 15 is 0 Å². The van der Waals surface area contributed by atoms with Gasteiger partial charge < -0.3 is 10.6 Å². The molecule has 0 fully saturated rings. The average Bonchev–Trinajstić information content (AvgIpc) is 2.27. The highest BCUT2D eigenvalue weighted by Gasteiger charge is 2.10. The molecular formula is C12H22N2S. The van der Waals surface area contributed by atoms with E-state index in [2.05, 4.69) is 24.5 Å². The molecule has 15 heavy (non-hydrogen) atoms. The Morgan fingerprint density at radius 3 is 2.40 bits per heavy atom. The molecular weight excluding hydrogens is 204 g/mol. The molecule has 0 atom stereocenters. The van der Waals surface area contributed by atoms with Gasteiger partial charge in [0.25, 0.3) is 0 Å². The standard InChI is InChI=1S/C12H22N2S/c1-3-10-7-5-6-8-11(10)9-14-12(15)13-4-2/h3-9H2,1-2H3,(H2,13,14,15). The Balaban J connectivity index is 2.41. The second-order valence-corrected chi connectivity index (χ2v) is 4.39. The topological polar surface area (TPSA) is 24.1 Å². The van der Waals surface area contributed by atoms with Crippen molar-refractivity contribution in [1.29, 1.82) is 0 Å². The zero-order valence-electron chi connectivity index (χ0n) is 9.86. The molecule has 0 heterocycles. The third-order valence-electron chi connectivity index (χ3n) is 2.93. The molecule has 0 radical (unpaired) electrons. The molecule has 2 N–H and O–H groups in total. The Bertz CT molecular complexity index is 246. The van der Waals surface area contributed by atoms with Crippen molar-refractivity contribution in [3.8, 4) is 0 Å². The Kier molecular flexibility index (Phi) is 5.69. The third-order valence-corrected chi connectivity index (χ3v) is 3.22. The second kappa shape index (κ2) is 6.83. The van der Waals surface area contributed by atoms with Crippen LogP contribution in [0.5, 0.6) is 0 Å². The van der Waals surface area contributed by atoms with Gasteiger partial charge in [-0.1, -0.05) is 18.1 Å². The number of nitrogens with one attached hydrogen (secondary N) is 2. The van der Waals surface area contributed by atoms with Gasteiger partial charge in [-0.05, 0) is 51.2 Å². The van der Waals surface area contributed by atoms with Gasteiger partial charge in [-0.3, -0.25) is 0 Å². The van der Waals surface area contributed by atoms with E-state index in [1.54, 1.807) is 11.1 Å². The maximum atomic E-state index is 5.15. The molecule has 0 aromatic carbocycles. The predicted molar refractivity (Wildman–Crippen MR) is 70.1 cm³/mol. The fourth-order valence-electron chi connectivity index (χ4n) is 2.08. The van der Waals surface area contributed by atoms with Crippen molar-refractivity contribution in [3.05, 3.63) is 11.1 Å². The van der Waals surface area contributed by atoms with Crippen molar-refractivity contribution in [2.24, 2.45) is 0 Å². The van der Waals surface area contributed by atoms with E-state index in [4.69, 9.17) is 12.2 Å². The summed E-state index contributed by atoms with van der Waals surface area (Å²) < 4.78 is 0. The fourth-order valence-corrected chi connectivity index (χ4v) is 2.30. The lowest BCUT2D eigenvalue weighted by atomic mass is 9.90. The highest BCUT2D eigenvalue weighted by atomic mass is 32.1. The van der Waals surface area contributed by atoms with Crippen LogP contribution in [0.4, 0.5) is 0 Å². The van der Waals surface area contributed by atoms with Crippen molar-refractivity contribution in [3.63, 3.8) is 0 Å². The molecule has 0 aliphatic heterocycles. The SMILES string of the molecule is CCNC(=S)NCC1=C(CC)CCCC1. The Morgan fingerprint density at radius 1 is 1.13 bits per heavy atom. The van der Waals surface area contributed by atoms with Crippen LogP contribution >= 0.6 is 12.2 Å². The first-order valence-electron chi connectivity index (χ1n) is 5.99. The molecule has 3 heteroatoms. The summed E-state index contributed by atoms with van der Waals surface area (Å²) in [7, 11) is 0. The summed E-state index contributed by atoms with van der Waals surface area (Å²) >= 11 is 5.15. The molecule has 0 saturated carbocycles. The van der Waals surface area contributed by atoms with Crippen molar-refractivity contribution in [1.82, 2.24) is 10.6 Å². The summed E-state index contributed by atoms with van der Waals surface area (Å²) in [5, 5.41) is 7.18. The lowest BCUT2D eigenvalue weighted by Crippen LogP contribution is -2.36. The summed E-state index contributed by atoms with van der Waals surface area (Å²) in [6, 6.07) is 0. The monoisotopic (exact) mass is 226 g/mol. The van der Waals surface area contributed by atoms with Gasteiger partial charge in [0.1, 0.15) is 0 Å². The molecule has 86 valence electrons. The minimum atomic E-state index is 0.783. The molecule has 0 bridgehead atoms. The summed E-state index contributed by atoms with van der Waals surface area (Å²) in [6.45, 7) is 6.15. The van der Waals surface area contributed by atoms with E-state index in [0.717, 1.165) is 18.2 Å². The van der Waals surface area contributed by atoms with Crippen LogP contribution in [0, 0.1) is 0 Å². The first-order valence-corrected chi connectivity index (χ1v) is 6.40. The predicted octanol–water partition coefficient (Wildman–Crippen LogP) is 2.75. The van der Waals surface area contributed by atoms with Crippen molar-refractivity contribution in [2.45, 2.75) is 46.0 Å². The van der Waals surface area contributed by atoms with Gasteiger partial charge in [0, 0.05) is 13.1 Å². The van der Waals surface area contributed by atoms with Crippen LogP contribution in [-0.2, 0) is 0 Å². The average molecular weight is 226 g/mol.